The van der Waals surface area contributed by atoms with E-state index >= 15 is 0 Å². The van der Waals surface area contributed by atoms with Gasteiger partial charge in [-0.1, -0.05) is 17.7 Å². The van der Waals surface area contributed by atoms with Crippen LogP contribution < -0.4 is 11.2 Å². The van der Waals surface area contributed by atoms with Gasteiger partial charge in [-0.3, -0.25) is 10.6 Å². The van der Waals surface area contributed by atoms with Gasteiger partial charge in [0.25, 0.3) is 0 Å². The van der Waals surface area contributed by atoms with E-state index in [0.717, 1.165) is 11.9 Å². The minimum absolute atomic E-state index is 0.397. The summed E-state index contributed by atoms with van der Waals surface area (Å²) in [6.45, 7) is 0.397. The molecule has 0 atom stereocenters. The molecule has 0 fully saturated rings. The molecule has 0 saturated carbocycles. The van der Waals surface area contributed by atoms with Gasteiger partial charge in [0.2, 0.25) is 0 Å². The zero-order valence-corrected chi connectivity index (χ0v) is 10.6. The van der Waals surface area contributed by atoms with Crippen molar-refractivity contribution in [2.24, 2.45) is 5.84 Å². The molecule has 1 rings (SSSR count). The summed E-state index contributed by atoms with van der Waals surface area (Å²) >= 11 is 5.69. The largest absolute Gasteiger partial charge is 0.373 e. The van der Waals surface area contributed by atoms with E-state index < -0.39 is 0 Å². The fraction of sp³-hybridized carbons (Fsp3) is 0.200. The van der Waals surface area contributed by atoms with E-state index in [2.05, 4.69) is 10.3 Å². The van der Waals surface area contributed by atoms with Crippen LogP contribution in [0.4, 0.5) is 0 Å². The van der Waals surface area contributed by atoms with Crippen molar-refractivity contribution in [1.82, 2.24) is 20.4 Å². The fourth-order valence-electron chi connectivity index (χ4n) is 1.30. The summed E-state index contributed by atoms with van der Waals surface area (Å²) in [6.07, 6.45) is 3.97. The van der Waals surface area contributed by atoms with Crippen LogP contribution in [-0.2, 0) is 6.54 Å². The Balaban J connectivity index is 2.83. The molecule has 0 spiro atoms. The third-order valence-electron chi connectivity index (χ3n) is 2.12. The van der Waals surface area contributed by atoms with Crippen LogP contribution in [0.1, 0.15) is 5.56 Å². The zero-order valence-electron chi connectivity index (χ0n) is 9.84. The minimum Gasteiger partial charge on any atom is -0.373 e. The molecule has 1 aromatic rings. The zero-order chi connectivity index (χ0) is 13.5. The van der Waals surface area contributed by atoms with Gasteiger partial charge in [-0.05, 0) is 11.6 Å². The molecular weight excluding hydrogens is 256 g/mol. The third kappa shape index (κ3) is 4.21. The van der Waals surface area contributed by atoms with Crippen LogP contribution in [-0.4, -0.2) is 33.6 Å². The van der Waals surface area contributed by atoms with Crippen LogP contribution in [0.15, 0.2) is 30.4 Å². The van der Waals surface area contributed by atoms with Crippen molar-refractivity contribution < 1.29 is 5.21 Å². The molecule has 0 aliphatic rings. The van der Waals surface area contributed by atoms with E-state index in [1.807, 2.05) is 0 Å². The number of hydrogen-bond donors (Lipinski definition) is 4. The van der Waals surface area contributed by atoms with Gasteiger partial charge in [0.15, 0.2) is 0 Å². The Morgan fingerprint density at radius 1 is 1.67 bits per heavy atom. The summed E-state index contributed by atoms with van der Waals surface area (Å²) in [4.78, 5) is 5.49. The Hall–Kier alpha value is -1.83. The van der Waals surface area contributed by atoms with Crippen molar-refractivity contribution in [2.75, 3.05) is 7.05 Å². The van der Waals surface area contributed by atoms with Gasteiger partial charge in [-0.25, -0.2) is 10.8 Å². The first-order valence-corrected chi connectivity index (χ1v) is 5.44. The average molecular weight is 271 g/mol. The first-order chi connectivity index (χ1) is 8.56. The summed E-state index contributed by atoms with van der Waals surface area (Å²) in [7, 11) is 1.66. The fourth-order valence-corrected chi connectivity index (χ4v) is 1.42. The van der Waals surface area contributed by atoms with Crippen LogP contribution >= 0.6 is 11.6 Å². The molecule has 98 valence electrons. The molecule has 0 saturated heterocycles. The minimum atomic E-state index is 0.397. The SMILES string of the molecule is CN/C(=C\N(N)O)N(C=N)Cc1ccc(Cl)nc1. The second-order valence-electron chi connectivity index (χ2n) is 3.39. The van der Waals surface area contributed by atoms with Crippen molar-refractivity contribution in [1.29, 1.82) is 5.41 Å². The number of pyridine rings is 1. The molecule has 0 bridgehead atoms. The van der Waals surface area contributed by atoms with Crippen molar-refractivity contribution in [3.63, 3.8) is 0 Å². The lowest BCUT2D eigenvalue weighted by Gasteiger charge is -2.22. The Labute approximate surface area is 110 Å². The summed E-state index contributed by atoms with van der Waals surface area (Å²) in [6, 6.07) is 3.47. The van der Waals surface area contributed by atoms with E-state index in [9.17, 15) is 0 Å². The van der Waals surface area contributed by atoms with Gasteiger partial charge in [-0.15, -0.1) is 0 Å². The molecule has 0 aliphatic carbocycles. The molecule has 18 heavy (non-hydrogen) atoms. The van der Waals surface area contributed by atoms with Gasteiger partial charge in [-0.2, -0.15) is 5.17 Å². The standard InChI is InChI=1S/C10H15ClN6O/c1-14-10(6-17(13)18)16(7-12)5-8-2-3-9(11)15-4-8/h2-4,6-7,12,14,18H,5,13H2,1H3/b10-6+,12-7?. The molecule has 1 aromatic heterocycles. The Morgan fingerprint density at radius 3 is 2.83 bits per heavy atom. The van der Waals surface area contributed by atoms with Crippen LogP contribution in [0.5, 0.6) is 0 Å². The van der Waals surface area contributed by atoms with Crippen LogP contribution in [0.3, 0.4) is 0 Å². The Kier molecular flexibility index (Phi) is 5.37. The molecule has 0 aromatic carbocycles. The van der Waals surface area contributed by atoms with Gasteiger partial charge in [0, 0.05) is 13.2 Å². The van der Waals surface area contributed by atoms with Crippen molar-refractivity contribution in [3.05, 3.63) is 41.1 Å². The second-order valence-corrected chi connectivity index (χ2v) is 3.78. The highest BCUT2D eigenvalue weighted by atomic mass is 35.5. The predicted octanol–water partition coefficient (Wildman–Crippen LogP) is 0.727. The van der Waals surface area contributed by atoms with Crippen molar-refractivity contribution in [3.8, 4) is 0 Å². The Bertz CT molecular complexity index is 419. The molecule has 8 heteroatoms. The normalized spacial score (nSPS) is 11.0. The smallest absolute Gasteiger partial charge is 0.129 e. The van der Waals surface area contributed by atoms with Gasteiger partial charge in [0.05, 0.1) is 19.1 Å². The van der Waals surface area contributed by atoms with Gasteiger partial charge >= 0.3 is 0 Å². The van der Waals surface area contributed by atoms with E-state index in [1.54, 1.807) is 30.3 Å². The lowest BCUT2D eigenvalue weighted by atomic mass is 10.3. The topological polar surface area (TPSA) is 101 Å². The van der Waals surface area contributed by atoms with Gasteiger partial charge in [0.1, 0.15) is 11.0 Å². The molecule has 0 aliphatic heterocycles. The number of aromatic nitrogens is 1. The second kappa shape index (κ2) is 6.80. The summed E-state index contributed by atoms with van der Waals surface area (Å²) < 4.78 is 0. The van der Waals surface area contributed by atoms with Crippen LogP contribution in [0.25, 0.3) is 0 Å². The summed E-state index contributed by atoms with van der Waals surface area (Å²) in [5, 5.41) is 20.0. The first-order valence-electron chi connectivity index (χ1n) is 5.07. The lowest BCUT2D eigenvalue weighted by molar-refractivity contribution is -0.0445. The highest BCUT2D eigenvalue weighted by Gasteiger charge is 2.07. The molecule has 0 amide bonds. The number of hydrazine groups is 1. The monoisotopic (exact) mass is 270 g/mol. The van der Waals surface area contributed by atoms with E-state index in [4.69, 9.17) is 28.1 Å². The average Bonchev–Trinajstić information content (AvgIpc) is 2.35. The first kappa shape index (κ1) is 14.2. The number of nitrogens with zero attached hydrogens (tertiary/aromatic N) is 3. The highest BCUT2D eigenvalue weighted by Crippen LogP contribution is 2.09. The van der Waals surface area contributed by atoms with Crippen molar-refractivity contribution in [2.45, 2.75) is 6.54 Å². The molecule has 5 N–H and O–H groups in total. The molecule has 0 radical (unpaired) electrons. The molecular formula is C10H15ClN6O. The number of rotatable bonds is 6. The number of hydrogen-bond acceptors (Lipinski definition) is 6. The molecule has 0 unspecified atom stereocenters. The highest BCUT2D eigenvalue weighted by molar-refractivity contribution is 6.29. The maximum absolute atomic E-state index is 8.96. The van der Waals surface area contributed by atoms with Crippen LogP contribution in [0.2, 0.25) is 5.15 Å². The van der Waals surface area contributed by atoms with Crippen molar-refractivity contribution >= 4 is 17.9 Å². The maximum atomic E-state index is 8.96. The van der Waals surface area contributed by atoms with Gasteiger partial charge < -0.3 is 10.2 Å². The van der Waals surface area contributed by atoms with E-state index in [0.29, 0.717) is 22.7 Å². The summed E-state index contributed by atoms with van der Waals surface area (Å²) in [5.41, 5.74) is 0.866. The molecule has 1 heterocycles. The Morgan fingerprint density at radius 2 is 2.39 bits per heavy atom. The number of hydroxylamine groups is 1. The van der Waals surface area contributed by atoms with Crippen LogP contribution in [0, 0.1) is 5.41 Å². The van der Waals surface area contributed by atoms with E-state index in [1.165, 1.54) is 6.20 Å². The quantitative estimate of drug-likeness (QED) is 0.200. The summed E-state index contributed by atoms with van der Waals surface area (Å²) in [5.74, 6) is 5.58. The third-order valence-corrected chi connectivity index (χ3v) is 2.34. The number of nitrogens with one attached hydrogen (secondary N) is 2. The lowest BCUT2D eigenvalue weighted by Crippen LogP contribution is -2.32. The number of halogens is 1. The predicted molar refractivity (Wildman–Crippen MR) is 68.5 cm³/mol. The maximum Gasteiger partial charge on any atom is 0.129 e. The molecule has 7 nitrogen and oxygen atoms in total. The van der Waals surface area contributed by atoms with E-state index in [-0.39, 0.29) is 0 Å². The number of nitrogens with two attached hydrogens (primary N) is 1.